The van der Waals surface area contributed by atoms with Crippen LogP contribution in [0.3, 0.4) is 0 Å². The molecule has 0 amide bonds. The summed E-state index contributed by atoms with van der Waals surface area (Å²) in [5.74, 6) is -0.00473. The van der Waals surface area contributed by atoms with Gasteiger partial charge in [-0.3, -0.25) is 14.3 Å². The first-order chi connectivity index (χ1) is 9.00. The normalized spacial score (nSPS) is 16.4. The van der Waals surface area contributed by atoms with Gasteiger partial charge in [-0.05, 0) is 31.8 Å². The van der Waals surface area contributed by atoms with Crippen LogP contribution in [0, 0.1) is 0 Å². The van der Waals surface area contributed by atoms with Crippen molar-refractivity contribution in [2.75, 3.05) is 19.6 Å². The van der Waals surface area contributed by atoms with E-state index in [9.17, 15) is 9.59 Å². The summed E-state index contributed by atoms with van der Waals surface area (Å²) in [7, 11) is 0. The Morgan fingerprint density at radius 3 is 2.42 bits per heavy atom. The molecule has 0 radical (unpaired) electrons. The summed E-state index contributed by atoms with van der Waals surface area (Å²) in [5, 5.41) is 0.169. The number of aromatic amines is 1. The number of halogens is 1. The minimum Gasteiger partial charge on any atom is -0.302 e. The minimum atomic E-state index is -0.418. The van der Waals surface area contributed by atoms with Crippen molar-refractivity contribution in [3.05, 3.63) is 31.6 Å². The highest BCUT2D eigenvalue weighted by atomic mass is 35.5. The van der Waals surface area contributed by atoms with Crippen molar-refractivity contribution in [2.24, 2.45) is 0 Å². The van der Waals surface area contributed by atoms with E-state index in [0.717, 1.165) is 19.6 Å². The molecule has 0 aliphatic carbocycles. The van der Waals surface area contributed by atoms with E-state index in [2.05, 4.69) is 9.88 Å². The topological polar surface area (TPSA) is 58.1 Å². The average Bonchev–Trinajstić information content (AvgIpc) is 2.80. The molecular weight excluding hydrogens is 266 g/mol. The van der Waals surface area contributed by atoms with Crippen molar-refractivity contribution < 1.29 is 0 Å². The Balaban J connectivity index is 2.26. The van der Waals surface area contributed by atoms with Gasteiger partial charge in [-0.15, -0.1) is 0 Å². The molecule has 0 aromatic carbocycles. The summed E-state index contributed by atoms with van der Waals surface area (Å²) in [5.41, 5.74) is -0.191. The number of likely N-dealkylation sites (tertiary alicyclic amines) is 1. The Bertz CT molecular complexity index is 556. The monoisotopic (exact) mass is 285 g/mol. The zero-order valence-electron chi connectivity index (χ0n) is 11.4. The van der Waals surface area contributed by atoms with E-state index in [-0.39, 0.29) is 16.6 Å². The number of rotatable bonds is 4. The van der Waals surface area contributed by atoms with Crippen LogP contribution in [-0.4, -0.2) is 34.1 Å². The number of aromatic nitrogens is 2. The zero-order valence-corrected chi connectivity index (χ0v) is 12.2. The van der Waals surface area contributed by atoms with Crippen LogP contribution >= 0.6 is 11.6 Å². The lowest BCUT2D eigenvalue weighted by atomic mass is 10.1. The molecule has 1 aliphatic rings. The van der Waals surface area contributed by atoms with Gasteiger partial charge in [-0.1, -0.05) is 25.4 Å². The average molecular weight is 286 g/mol. The van der Waals surface area contributed by atoms with E-state index in [4.69, 9.17) is 11.6 Å². The highest BCUT2D eigenvalue weighted by Gasteiger charge is 2.17. The Kier molecular flexibility index (Phi) is 4.47. The van der Waals surface area contributed by atoms with E-state index in [1.54, 1.807) is 0 Å². The summed E-state index contributed by atoms with van der Waals surface area (Å²) in [6, 6.07) is 0. The molecule has 0 spiro atoms. The lowest BCUT2D eigenvalue weighted by Crippen LogP contribution is -2.40. The van der Waals surface area contributed by atoms with Gasteiger partial charge in [0.1, 0.15) is 5.15 Å². The molecule has 2 heterocycles. The van der Waals surface area contributed by atoms with Crippen molar-refractivity contribution in [3.8, 4) is 0 Å². The van der Waals surface area contributed by atoms with Crippen molar-refractivity contribution >= 4 is 11.6 Å². The highest BCUT2D eigenvalue weighted by molar-refractivity contribution is 6.30. The standard InChI is InChI=1S/C13H20ClN3O2/c1-9(2)10-11(14)15-13(19)17(12(10)18)8-7-16-5-3-4-6-16/h9H,3-8H2,1-2H3,(H,15,19). The molecule has 0 unspecified atom stereocenters. The second-order valence-corrected chi connectivity index (χ2v) is 5.70. The SMILES string of the molecule is CC(C)c1c(Cl)[nH]c(=O)n(CCN2CCCC2)c1=O. The Morgan fingerprint density at radius 2 is 1.84 bits per heavy atom. The van der Waals surface area contributed by atoms with Gasteiger partial charge in [0, 0.05) is 13.1 Å². The largest absolute Gasteiger partial charge is 0.329 e. The molecule has 1 aromatic rings. The van der Waals surface area contributed by atoms with Crippen LogP contribution in [-0.2, 0) is 6.54 Å². The molecule has 1 aromatic heterocycles. The molecule has 1 N–H and O–H groups in total. The highest BCUT2D eigenvalue weighted by Crippen LogP contribution is 2.16. The molecule has 5 nitrogen and oxygen atoms in total. The molecule has 0 atom stereocenters. The molecular formula is C13H20ClN3O2. The number of hydrogen-bond donors (Lipinski definition) is 1. The molecule has 1 aliphatic heterocycles. The summed E-state index contributed by atoms with van der Waals surface area (Å²) < 4.78 is 1.26. The van der Waals surface area contributed by atoms with Gasteiger partial charge >= 0.3 is 5.69 Å². The fraction of sp³-hybridized carbons (Fsp3) is 0.692. The van der Waals surface area contributed by atoms with Crippen LogP contribution in [0.5, 0.6) is 0 Å². The van der Waals surface area contributed by atoms with Gasteiger partial charge in [0.25, 0.3) is 5.56 Å². The number of H-pyrrole nitrogens is 1. The Hall–Kier alpha value is -1.07. The second kappa shape index (κ2) is 5.92. The predicted molar refractivity (Wildman–Crippen MR) is 76.1 cm³/mol. The number of hydrogen-bond acceptors (Lipinski definition) is 3. The fourth-order valence-corrected chi connectivity index (χ4v) is 2.89. The zero-order chi connectivity index (χ0) is 14.0. The molecule has 19 heavy (non-hydrogen) atoms. The minimum absolute atomic E-state index is 0.00473. The summed E-state index contributed by atoms with van der Waals surface area (Å²) in [6.45, 7) is 7.05. The van der Waals surface area contributed by atoms with Gasteiger partial charge in [0.15, 0.2) is 0 Å². The molecule has 6 heteroatoms. The third-order valence-electron chi connectivity index (χ3n) is 3.59. The molecule has 1 saturated heterocycles. The van der Waals surface area contributed by atoms with Gasteiger partial charge in [0.2, 0.25) is 0 Å². The van der Waals surface area contributed by atoms with Crippen LogP contribution in [0.2, 0.25) is 5.15 Å². The summed E-state index contributed by atoms with van der Waals surface area (Å²) in [4.78, 5) is 29.0. The maximum Gasteiger partial charge on any atom is 0.329 e. The van der Waals surface area contributed by atoms with E-state index in [1.807, 2.05) is 13.8 Å². The smallest absolute Gasteiger partial charge is 0.302 e. The van der Waals surface area contributed by atoms with Crippen LogP contribution < -0.4 is 11.2 Å². The van der Waals surface area contributed by atoms with E-state index in [0.29, 0.717) is 12.1 Å². The molecule has 1 fully saturated rings. The van der Waals surface area contributed by atoms with Gasteiger partial charge in [-0.25, -0.2) is 4.79 Å². The lowest BCUT2D eigenvalue weighted by Gasteiger charge is -2.16. The second-order valence-electron chi connectivity index (χ2n) is 5.32. The van der Waals surface area contributed by atoms with Crippen LogP contribution in [0.15, 0.2) is 9.59 Å². The molecule has 0 bridgehead atoms. The molecule has 106 valence electrons. The predicted octanol–water partition coefficient (Wildman–Crippen LogP) is 1.41. The third kappa shape index (κ3) is 3.09. The summed E-state index contributed by atoms with van der Waals surface area (Å²) >= 11 is 5.95. The van der Waals surface area contributed by atoms with Crippen molar-refractivity contribution in [3.63, 3.8) is 0 Å². The maximum atomic E-state index is 12.3. The summed E-state index contributed by atoms with van der Waals surface area (Å²) in [6.07, 6.45) is 2.40. The molecule has 0 saturated carbocycles. The molecule has 2 rings (SSSR count). The van der Waals surface area contributed by atoms with E-state index in [1.165, 1.54) is 17.4 Å². The van der Waals surface area contributed by atoms with Crippen LogP contribution in [0.1, 0.15) is 38.2 Å². The van der Waals surface area contributed by atoms with E-state index < -0.39 is 5.69 Å². The van der Waals surface area contributed by atoms with Gasteiger partial charge in [-0.2, -0.15) is 0 Å². The van der Waals surface area contributed by atoms with Gasteiger partial charge < -0.3 is 4.90 Å². The first-order valence-electron chi connectivity index (χ1n) is 6.75. The van der Waals surface area contributed by atoms with Crippen molar-refractivity contribution in [2.45, 2.75) is 39.2 Å². The fourth-order valence-electron chi connectivity index (χ4n) is 2.51. The number of nitrogens with one attached hydrogen (secondary N) is 1. The Morgan fingerprint density at radius 1 is 1.21 bits per heavy atom. The maximum absolute atomic E-state index is 12.3. The number of nitrogens with zero attached hydrogens (tertiary/aromatic N) is 2. The first kappa shape index (κ1) is 14.3. The van der Waals surface area contributed by atoms with Crippen LogP contribution in [0.4, 0.5) is 0 Å². The third-order valence-corrected chi connectivity index (χ3v) is 3.89. The van der Waals surface area contributed by atoms with Crippen molar-refractivity contribution in [1.82, 2.24) is 14.5 Å². The van der Waals surface area contributed by atoms with Gasteiger partial charge in [0.05, 0.1) is 5.56 Å². The lowest BCUT2D eigenvalue weighted by molar-refractivity contribution is 0.317. The van der Waals surface area contributed by atoms with Crippen LogP contribution in [0.25, 0.3) is 0 Å². The first-order valence-corrected chi connectivity index (χ1v) is 7.13. The Labute approximate surface area is 117 Å². The van der Waals surface area contributed by atoms with E-state index >= 15 is 0 Å². The van der Waals surface area contributed by atoms with Crippen molar-refractivity contribution in [1.29, 1.82) is 0 Å². The quantitative estimate of drug-likeness (QED) is 0.851.